The molecule has 0 saturated carbocycles. The van der Waals surface area contributed by atoms with Crippen molar-refractivity contribution >= 4 is 5.91 Å². The number of halogens is 3. The molecule has 0 spiro atoms. The number of carbonyl (C=O) groups excluding carboxylic acids is 1. The van der Waals surface area contributed by atoms with Crippen molar-refractivity contribution in [2.45, 2.75) is 44.8 Å². The van der Waals surface area contributed by atoms with E-state index < -0.39 is 17.9 Å². The monoisotopic (exact) mass is 356 g/mol. The number of amides is 1. The minimum Gasteiger partial charge on any atom is -0.351 e. The smallest absolute Gasteiger partial charge is 0.351 e. The third-order valence-electron chi connectivity index (χ3n) is 4.40. The Morgan fingerprint density at radius 1 is 1.28 bits per heavy atom. The van der Waals surface area contributed by atoms with Crippen LogP contribution < -0.4 is 0 Å². The van der Waals surface area contributed by atoms with Gasteiger partial charge in [-0.15, -0.1) is 0 Å². The zero-order chi connectivity index (χ0) is 18.2. The zero-order valence-corrected chi connectivity index (χ0v) is 14.0. The largest absolute Gasteiger partial charge is 0.435 e. The minimum atomic E-state index is -4.52. The molecule has 25 heavy (non-hydrogen) atoms. The summed E-state index contributed by atoms with van der Waals surface area (Å²) in [7, 11) is 1.47. The average molecular weight is 356 g/mol. The quantitative estimate of drug-likeness (QED) is 0.826. The summed E-state index contributed by atoms with van der Waals surface area (Å²) in [5.41, 5.74) is 0.00517. The summed E-state index contributed by atoms with van der Waals surface area (Å²) in [6.07, 6.45) is -1.40. The van der Waals surface area contributed by atoms with Crippen LogP contribution >= 0.6 is 0 Å². The number of aryl methyl sites for hydroxylation is 2. The van der Waals surface area contributed by atoms with Crippen LogP contribution in [-0.4, -0.2) is 32.3 Å². The second-order valence-corrected chi connectivity index (χ2v) is 6.27. The van der Waals surface area contributed by atoms with Crippen molar-refractivity contribution in [3.63, 3.8) is 0 Å². The van der Waals surface area contributed by atoms with E-state index >= 15 is 0 Å². The molecule has 9 heteroatoms. The first-order valence-corrected chi connectivity index (χ1v) is 8.13. The third-order valence-corrected chi connectivity index (χ3v) is 4.40. The first-order valence-electron chi connectivity index (χ1n) is 8.13. The lowest BCUT2D eigenvalue weighted by Crippen LogP contribution is -2.35. The van der Waals surface area contributed by atoms with Gasteiger partial charge in [-0.2, -0.15) is 18.3 Å². The van der Waals surface area contributed by atoms with Crippen LogP contribution in [0.4, 0.5) is 13.2 Å². The van der Waals surface area contributed by atoms with Gasteiger partial charge >= 0.3 is 6.18 Å². The Hall–Kier alpha value is -2.32. The number of aromatic nitrogens is 3. The highest BCUT2D eigenvalue weighted by atomic mass is 19.4. The number of hydrogen-bond acceptors (Lipinski definition) is 4. The van der Waals surface area contributed by atoms with Gasteiger partial charge in [0, 0.05) is 19.7 Å². The molecule has 1 amide bonds. The van der Waals surface area contributed by atoms with Crippen molar-refractivity contribution in [1.29, 1.82) is 0 Å². The normalized spacial score (nSPS) is 19.1. The SMILES string of the molecule is Cc1cc(C(=O)N2CCCCC[C@H]2c2cc(C(F)(F)F)nn2C)on1. The summed E-state index contributed by atoms with van der Waals surface area (Å²) in [4.78, 5) is 14.4. The van der Waals surface area contributed by atoms with E-state index in [-0.39, 0.29) is 11.7 Å². The molecule has 0 bridgehead atoms. The van der Waals surface area contributed by atoms with E-state index in [0.29, 0.717) is 24.4 Å². The molecule has 1 aliphatic rings. The predicted molar refractivity (Wildman–Crippen MR) is 81.7 cm³/mol. The third kappa shape index (κ3) is 3.54. The van der Waals surface area contributed by atoms with E-state index in [1.54, 1.807) is 11.8 Å². The number of hydrogen-bond donors (Lipinski definition) is 0. The van der Waals surface area contributed by atoms with Crippen molar-refractivity contribution in [2.24, 2.45) is 7.05 Å². The molecule has 0 radical (unpaired) electrons. The molecular weight excluding hydrogens is 337 g/mol. The molecule has 3 rings (SSSR count). The maximum Gasteiger partial charge on any atom is 0.435 e. The topological polar surface area (TPSA) is 64.2 Å². The van der Waals surface area contributed by atoms with Gasteiger partial charge in [-0.3, -0.25) is 9.48 Å². The summed E-state index contributed by atoms with van der Waals surface area (Å²) < 4.78 is 45.2. The Morgan fingerprint density at radius 2 is 2.04 bits per heavy atom. The van der Waals surface area contributed by atoms with Crippen molar-refractivity contribution in [1.82, 2.24) is 19.8 Å². The Kier molecular flexibility index (Phi) is 4.57. The lowest BCUT2D eigenvalue weighted by Gasteiger charge is -2.29. The van der Waals surface area contributed by atoms with Crippen LogP contribution in [0, 0.1) is 6.92 Å². The molecule has 3 heterocycles. The summed E-state index contributed by atoms with van der Waals surface area (Å²) in [6.45, 7) is 2.16. The predicted octanol–water partition coefficient (Wildman–Crippen LogP) is 3.49. The lowest BCUT2D eigenvalue weighted by atomic mass is 10.1. The van der Waals surface area contributed by atoms with Gasteiger partial charge in [0.1, 0.15) is 0 Å². The van der Waals surface area contributed by atoms with Gasteiger partial charge < -0.3 is 9.42 Å². The molecule has 1 saturated heterocycles. The first-order chi connectivity index (χ1) is 11.8. The average Bonchev–Trinajstić information content (AvgIpc) is 3.05. The van der Waals surface area contributed by atoms with Crippen LogP contribution in [0.1, 0.15) is 59.4 Å². The molecule has 2 aromatic rings. The number of likely N-dealkylation sites (tertiary alicyclic amines) is 1. The summed E-state index contributed by atoms with van der Waals surface area (Å²) >= 11 is 0. The van der Waals surface area contributed by atoms with Crippen molar-refractivity contribution in [3.8, 4) is 0 Å². The van der Waals surface area contributed by atoms with E-state index in [4.69, 9.17) is 4.52 Å². The van der Waals surface area contributed by atoms with Crippen molar-refractivity contribution < 1.29 is 22.5 Å². The standard InChI is InChI=1S/C16H19F3N4O2/c1-10-8-13(25-21-10)15(24)23-7-5-3-4-6-11(23)12-9-14(16(17,18)19)20-22(12)2/h8-9,11H,3-7H2,1-2H3/t11-/m0/s1. The van der Waals surface area contributed by atoms with Crippen LogP contribution in [-0.2, 0) is 13.2 Å². The Morgan fingerprint density at radius 3 is 2.64 bits per heavy atom. The molecule has 2 aromatic heterocycles. The first kappa shape index (κ1) is 17.5. The van der Waals surface area contributed by atoms with Crippen LogP contribution in [0.15, 0.2) is 16.7 Å². The number of carbonyl (C=O) groups is 1. The molecule has 0 aromatic carbocycles. The fourth-order valence-electron chi connectivity index (χ4n) is 3.20. The fourth-order valence-corrected chi connectivity index (χ4v) is 3.20. The second kappa shape index (κ2) is 6.53. The van der Waals surface area contributed by atoms with E-state index in [1.165, 1.54) is 17.8 Å². The van der Waals surface area contributed by atoms with Crippen LogP contribution in [0.25, 0.3) is 0 Å². The van der Waals surface area contributed by atoms with Gasteiger partial charge in [0.05, 0.1) is 17.4 Å². The number of alkyl halides is 3. The van der Waals surface area contributed by atoms with E-state index in [9.17, 15) is 18.0 Å². The highest BCUT2D eigenvalue weighted by Crippen LogP contribution is 2.35. The van der Waals surface area contributed by atoms with Crippen molar-refractivity contribution in [2.75, 3.05) is 6.54 Å². The van der Waals surface area contributed by atoms with Gasteiger partial charge in [0.2, 0.25) is 5.76 Å². The molecule has 1 fully saturated rings. The van der Waals surface area contributed by atoms with Gasteiger partial charge in [0.25, 0.3) is 5.91 Å². The molecule has 0 N–H and O–H groups in total. The van der Waals surface area contributed by atoms with Crippen LogP contribution in [0.5, 0.6) is 0 Å². The fraction of sp³-hybridized carbons (Fsp3) is 0.562. The maximum absolute atomic E-state index is 13.0. The zero-order valence-electron chi connectivity index (χ0n) is 14.0. The lowest BCUT2D eigenvalue weighted by molar-refractivity contribution is -0.141. The second-order valence-electron chi connectivity index (χ2n) is 6.27. The Bertz CT molecular complexity index is 766. The van der Waals surface area contributed by atoms with Crippen LogP contribution in [0.2, 0.25) is 0 Å². The molecule has 6 nitrogen and oxygen atoms in total. The molecular formula is C16H19F3N4O2. The molecule has 1 aliphatic heterocycles. The highest BCUT2D eigenvalue weighted by molar-refractivity contribution is 5.91. The summed E-state index contributed by atoms with van der Waals surface area (Å²) in [5.74, 6) is -0.259. The summed E-state index contributed by atoms with van der Waals surface area (Å²) in [5, 5.41) is 7.30. The van der Waals surface area contributed by atoms with E-state index in [1.807, 2.05) is 0 Å². The minimum absolute atomic E-state index is 0.0996. The van der Waals surface area contributed by atoms with Gasteiger partial charge in [-0.25, -0.2) is 0 Å². The number of rotatable bonds is 2. The van der Waals surface area contributed by atoms with Crippen LogP contribution in [0.3, 0.4) is 0 Å². The van der Waals surface area contributed by atoms with E-state index in [2.05, 4.69) is 10.3 Å². The van der Waals surface area contributed by atoms with E-state index in [0.717, 1.165) is 25.3 Å². The molecule has 0 unspecified atom stereocenters. The number of nitrogens with zero attached hydrogens (tertiary/aromatic N) is 4. The Labute approximate surface area is 142 Å². The molecule has 136 valence electrons. The van der Waals surface area contributed by atoms with Gasteiger partial charge in [-0.05, 0) is 25.8 Å². The molecule has 0 aliphatic carbocycles. The van der Waals surface area contributed by atoms with Gasteiger partial charge in [-0.1, -0.05) is 18.0 Å². The Balaban J connectivity index is 1.96. The van der Waals surface area contributed by atoms with Crippen molar-refractivity contribution in [3.05, 3.63) is 35.0 Å². The molecule has 1 atom stereocenters. The maximum atomic E-state index is 13.0. The highest BCUT2D eigenvalue weighted by Gasteiger charge is 2.37. The summed E-state index contributed by atoms with van der Waals surface area (Å²) in [6, 6.07) is 2.09. The van der Waals surface area contributed by atoms with Gasteiger partial charge in [0.15, 0.2) is 5.69 Å².